The van der Waals surface area contributed by atoms with Gasteiger partial charge in [-0.1, -0.05) is 29.2 Å². The molecule has 0 atom stereocenters. The first-order valence-corrected chi connectivity index (χ1v) is 10.6. The standard InChI is InChI=1S/C18H22N4O6S2/c1-4-28-16(25)9-19-15(24)10-29-18-22-21-17(30-18)20-14(23)8-11-5-6-12(26-2)13(7-11)27-3/h5-7H,4,8-10H2,1-3H3,(H,19,24)(H,20,21,23). The van der Waals surface area contributed by atoms with Crippen molar-refractivity contribution in [3.8, 4) is 11.5 Å². The third-order valence-corrected chi connectivity index (χ3v) is 5.50. The van der Waals surface area contributed by atoms with Crippen molar-refractivity contribution in [2.75, 3.05) is 38.4 Å². The molecule has 0 fully saturated rings. The highest BCUT2D eigenvalue weighted by Crippen LogP contribution is 2.28. The minimum Gasteiger partial charge on any atom is -0.493 e. The van der Waals surface area contributed by atoms with Gasteiger partial charge in [-0.15, -0.1) is 10.2 Å². The first-order valence-electron chi connectivity index (χ1n) is 8.84. The third-order valence-electron chi connectivity index (χ3n) is 3.53. The van der Waals surface area contributed by atoms with E-state index >= 15 is 0 Å². The van der Waals surface area contributed by atoms with Crippen molar-refractivity contribution >= 4 is 46.0 Å². The summed E-state index contributed by atoms with van der Waals surface area (Å²) in [5.74, 6) is 0.0983. The Morgan fingerprint density at radius 2 is 1.87 bits per heavy atom. The van der Waals surface area contributed by atoms with E-state index in [1.807, 2.05) is 0 Å². The number of thioether (sulfide) groups is 1. The van der Waals surface area contributed by atoms with E-state index in [1.54, 1.807) is 32.2 Å². The van der Waals surface area contributed by atoms with E-state index in [4.69, 9.17) is 14.2 Å². The molecule has 1 heterocycles. The van der Waals surface area contributed by atoms with Crippen LogP contribution < -0.4 is 20.1 Å². The summed E-state index contributed by atoms with van der Waals surface area (Å²) in [5.41, 5.74) is 0.752. The smallest absolute Gasteiger partial charge is 0.325 e. The number of methoxy groups -OCH3 is 2. The number of hydrogen-bond acceptors (Lipinski definition) is 10. The fourth-order valence-corrected chi connectivity index (χ4v) is 3.82. The minimum atomic E-state index is -0.494. The molecule has 0 aliphatic rings. The van der Waals surface area contributed by atoms with E-state index in [-0.39, 0.29) is 37.1 Å². The normalized spacial score (nSPS) is 10.2. The number of amides is 2. The molecule has 0 aliphatic heterocycles. The topological polar surface area (TPSA) is 129 Å². The Morgan fingerprint density at radius 1 is 1.10 bits per heavy atom. The average Bonchev–Trinajstić information content (AvgIpc) is 3.17. The number of rotatable bonds is 11. The maximum absolute atomic E-state index is 12.3. The number of nitrogens with one attached hydrogen (secondary N) is 2. The number of hydrogen-bond donors (Lipinski definition) is 2. The molecule has 0 unspecified atom stereocenters. The van der Waals surface area contributed by atoms with Gasteiger partial charge in [-0.05, 0) is 24.6 Å². The summed E-state index contributed by atoms with van der Waals surface area (Å²) in [7, 11) is 3.07. The Labute approximate surface area is 181 Å². The van der Waals surface area contributed by atoms with Gasteiger partial charge in [0.05, 0.1) is 33.0 Å². The largest absolute Gasteiger partial charge is 0.493 e. The predicted octanol–water partition coefficient (Wildman–Crippen LogP) is 1.51. The van der Waals surface area contributed by atoms with Crippen molar-refractivity contribution in [1.82, 2.24) is 15.5 Å². The quantitative estimate of drug-likeness (QED) is 0.295. The highest BCUT2D eigenvalue weighted by atomic mass is 32.2. The van der Waals surface area contributed by atoms with Crippen LogP contribution in [0, 0.1) is 0 Å². The number of ether oxygens (including phenoxy) is 3. The summed E-state index contributed by atoms with van der Waals surface area (Å²) in [5, 5.41) is 13.3. The molecule has 0 radical (unpaired) electrons. The van der Waals surface area contributed by atoms with E-state index < -0.39 is 5.97 Å². The molecule has 30 heavy (non-hydrogen) atoms. The Hall–Kier alpha value is -2.86. The molecule has 2 amide bonds. The van der Waals surface area contributed by atoms with Crippen LogP contribution >= 0.6 is 23.1 Å². The molecule has 0 saturated heterocycles. The number of nitrogens with zero attached hydrogens (tertiary/aromatic N) is 2. The van der Waals surface area contributed by atoms with Gasteiger partial charge in [-0.2, -0.15) is 0 Å². The second-order valence-electron chi connectivity index (χ2n) is 5.66. The molecule has 1 aromatic carbocycles. The lowest BCUT2D eigenvalue weighted by molar-refractivity contribution is -0.143. The average molecular weight is 455 g/mol. The molecule has 2 N–H and O–H groups in total. The molecule has 2 rings (SSSR count). The van der Waals surface area contributed by atoms with Crippen LogP contribution in [0.15, 0.2) is 22.5 Å². The summed E-state index contributed by atoms with van der Waals surface area (Å²) in [6.07, 6.45) is 0.124. The molecule has 12 heteroatoms. The van der Waals surface area contributed by atoms with Gasteiger partial charge in [-0.25, -0.2) is 0 Å². The number of carbonyl (C=O) groups is 3. The fraction of sp³-hybridized carbons (Fsp3) is 0.389. The Balaban J connectivity index is 1.80. The number of anilines is 1. The third kappa shape index (κ3) is 7.52. The van der Waals surface area contributed by atoms with E-state index in [2.05, 4.69) is 20.8 Å². The van der Waals surface area contributed by atoms with Crippen LogP contribution in [0.4, 0.5) is 5.13 Å². The molecule has 1 aromatic heterocycles. The molecular weight excluding hydrogens is 432 g/mol. The summed E-state index contributed by atoms with van der Waals surface area (Å²) in [6, 6.07) is 5.24. The van der Waals surface area contributed by atoms with Crippen LogP contribution in [-0.2, 0) is 25.5 Å². The van der Waals surface area contributed by atoms with Crippen LogP contribution in [0.2, 0.25) is 0 Å². The minimum absolute atomic E-state index is 0.0631. The van der Waals surface area contributed by atoms with Gasteiger partial charge in [0, 0.05) is 0 Å². The van der Waals surface area contributed by atoms with Gasteiger partial charge in [-0.3, -0.25) is 14.4 Å². The van der Waals surface area contributed by atoms with Crippen LogP contribution in [0.5, 0.6) is 11.5 Å². The van der Waals surface area contributed by atoms with E-state index in [0.717, 1.165) is 28.7 Å². The number of carbonyl (C=O) groups excluding carboxylic acids is 3. The second-order valence-corrected chi connectivity index (χ2v) is 7.86. The monoisotopic (exact) mass is 454 g/mol. The van der Waals surface area contributed by atoms with E-state index in [1.165, 1.54) is 7.11 Å². The lowest BCUT2D eigenvalue weighted by Gasteiger charge is -2.09. The van der Waals surface area contributed by atoms with Gasteiger partial charge < -0.3 is 24.8 Å². The summed E-state index contributed by atoms with van der Waals surface area (Å²) >= 11 is 2.31. The second kappa shape index (κ2) is 12.0. The van der Waals surface area contributed by atoms with Crippen LogP contribution in [0.1, 0.15) is 12.5 Å². The van der Waals surface area contributed by atoms with Crippen LogP contribution in [-0.4, -0.2) is 61.1 Å². The van der Waals surface area contributed by atoms with Gasteiger partial charge in [0.25, 0.3) is 0 Å². The zero-order valence-electron chi connectivity index (χ0n) is 16.7. The molecular formula is C18H22N4O6S2. The maximum Gasteiger partial charge on any atom is 0.325 e. The van der Waals surface area contributed by atoms with Crippen LogP contribution in [0.25, 0.3) is 0 Å². The van der Waals surface area contributed by atoms with Crippen molar-refractivity contribution in [2.45, 2.75) is 17.7 Å². The highest BCUT2D eigenvalue weighted by Gasteiger charge is 2.13. The highest BCUT2D eigenvalue weighted by molar-refractivity contribution is 8.01. The number of esters is 1. The maximum atomic E-state index is 12.3. The molecule has 0 aliphatic carbocycles. The summed E-state index contributed by atoms with van der Waals surface area (Å²) < 4.78 is 15.7. The number of aromatic nitrogens is 2. The molecule has 162 valence electrons. The van der Waals surface area contributed by atoms with Gasteiger partial charge in [0.2, 0.25) is 16.9 Å². The van der Waals surface area contributed by atoms with Crippen molar-refractivity contribution < 1.29 is 28.6 Å². The molecule has 2 aromatic rings. The fourth-order valence-electron chi connectivity index (χ4n) is 2.22. The van der Waals surface area contributed by atoms with Gasteiger partial charge in [0.1, 0.15) is 6.54 Å². The Kier molecular flexibility index (Phi) is 9.35. The first-order chi connectivity index (χ1) is 14.4. The van der Waals surface area contributed by atoms with E-state index in [0.29, 0.717) is 21.0 Å². The molecule has 0 spiro atoms. The predicted molar refractivity (Wildman–Crippen MR) is 112 cm³/mol. The van der Waals surface area contributed by atoms with Gasteiger partial charge in [0.15, 0.2) is 15.8 Å². The van der Waals surface area contributed by atoms with E-state index in [9.17, 15) is 14.4 Å². The molecule has 0 saturated carbocycles. The summed E-state index contributed by atoms with van der Waals surface area (Å²) in [4.78, 5) is 35.2. The molecule has 10 nitrogen and oxygen atoms in total. The summed E-state index contributed by atoms with van der Waals surface area (Å²) in [6.45, 7) is 1.77. The first kappa shape index (κ1) is 23.4. The lowest BCUT2D eigenvalue weighted by Crippen LogP contribution is -2.31. The zero-order chi connectivity index (χ0) is 21.9. The van der Waals surface area contributed by atoms with Gasteiger partial charge >= 0.3 is 5.97 Å². The van der Waals surface area contributed by atoms with Crippen molar-refractivity contribution in [2.24, 2.45) is 0 Å². The van der Waals surface area contributed by atoms with Crippen molar-refractivity contribution in [3.05, 3.63) is 23.8 Å². The number of benzene rings is 1. The Morgan fingerprint density at radius 3 is 2.57 bits per heavy atom. The van der Waals surface area contributed by atoms with Crippen LogP contribution in [0.3, 0.4) is 0 Å². The Bertz CT molecular complexity index is 889. The SMILES string of the molecule is CCOC(=O)CNC(=O)CSc1nnc(NC(=O)Cc2ccc(OC)c(OC)c2)s1. The lowest BCUT2D eigenvalue weighted by atomic mass is 10.1. The zero-order valence-corrected chi connectivity index (χ0v) is 18.4. The van der Waals surface area contributed by atoms with Crippen molar-refractivity contribution in [1.29, 1.82) is 0 Å². The molecule has 0 bridgehead atoms. The van der Waals surface area contributed by atoms with Crippen molar-refractivity contribution in [3.63, 3.8) is 0 Å².